The minimum Gasteiger partial charge on any atom is -0.493 e. The summed E-state index contributed by atoms with van der Waals surface area (Å²) in [5.74, 6) is 0.525. The van der Waals surface area contributed by atoms with Crippen LogP contribution < -0.4 is 19.5 Å². The molecule has 202 valence electrons. The van der Waals surface area contributed by atoms with Gasteiger partial charge in [0.15, 0.2) is 18.1 Å². The molecule has 11 heteroatoms. The normalized spacial score (nSPS) is 14.1. The van der Waals surface area contributed by atoms with Crippen LogP contribution in [0.1, 0.15) is 11.1 Å². The number of benzene rings is 3. The van der Waals surface area contributed by atoms with Crippen molar-refractivity contribution in [2.24, 2.45) is 0 Å². The standard InChI is InChI=1S/C28H24Cl2N2O6S/c1-17-7-9-20(15-21(17)30)31-26(33)16-38-22-10-8-19(29)13-18(22)14-25-27(34)32(28(35)39-25)11-12-37-24-6-4-3-5-23(24)36-2/h3-10,13-15H,11-12,16H2,1-2H3,(H,31,33)/b25-14-. The van der Waals surface area contributed by atoms with Crippen LogP contribution in [-0.4, -0.2) is 48.8 Å². The van der Waals surface area contributed by atoms with E-state index in [1.807, 2.05) is 13.0 Å². The first-order chi connectivity index (χ1) is 18.7. The molecule has 0 unspecified atom stereocenters. The molecule has 1 N–H and O–H groups in total. The molecule has 3 amide bonds. The average molecular weight is 587 g/mol. The zero-order chi connectivity index (χ0) is 27.9. The van der Waals surface area contributed by atoms with Crippen LogP contribution in [-0.2, 0) is 9.59 Å². The number of rotatable bonds is 10. The van der Waals surface area contributed by atoms with Crippen molar-refractivity contribution in [1.82, 2.24) is 4.90 Å². The highest BCUT2D eigenvalue weighted by Crippen LogP contribution is 2.35. The fourth-order valence-electron chi connectivity index (χ4n) is 3.59. The van der Waals surface area contributed by atoms with Crippen LogP contribution in [0.25, 0.3) is 6.08 Å². The van der Waals surface area contributed by atoms with Crippen molar-refractivity contribution < 1.29 is 28.6 Å². The zero-order valence-electron chi connectivity index (χ0n) is 21.0. The van der Waals surface area contributed by atoms with E-state index in [4.69, 9.17) is 37.4 Å². The van der Waals surface area contributed by atoms with Gasteiger partial charge in [0.05, 0.1) is 18.6 Å². The second-order valence-corrected chi connectivity index (χ2v) is 10.2. The highest BCUT2D eigenvalue weighted by Gasteiger charge is 2.35. The molecule has 0 atom stereocenters. The van der Waals surface area contributed by atoms with Crippen molar-refractivity contribution in [2.45, 2.75) is 6.92 Å². The van der Waals surface area contributed by atoms with E-state index in [2.05, 4.69) is 5.32 Å². The van der Waals surface area contributed by atoms with Crippen LogP contribution in [0.4, 0.5) is 10.5 Å². The fourth-order valence-corrected chi connectivity index (χ4v) is 4.81. The van der Waals surface area contributed by atoms with Crippen LogP contribution in [0.15, 0.2) is 65.6 Å². The van der Waals surface area contributed by atoms with Crippen molar-refractivity contribution in [2.75, 3.05) is 32.2 Å². The summed E-state index contributed by atoms with van der Waals surface area (Å²) in [7, 11) is 1.53. The Balaban J connectivity index is 1.40. The number of amides is 3. The van der Waals surface area contributed by atoms with Crippen molar-refractivity contribution >= 4 is 63.8 Å². The molecule has 0 aliphatic carbocycles. The lowest BCUT2D eigenvalue weighted by atomic mass is 10.2. The van der Waals surface area contributed by atoms with Crippen molar-refractivity contribution in [3.05, 3.63) is 86.7 Å². The molecule has 39 heavy (non-hydrogen) atoms. The molecule has 0 aromatic heterocycles. The Morgan fingerprint density at radius 1 is 1.00 bits per heavy atom. The van der Waals surface area contributed by atoms with Gasteiger partial charge in [-0.15, -0.1) is 0 Å². The van der Waals surface area contributed by atoms with Crippen LogP contribution in [0.5, 0.6) is 17.2 Å². The van der Waals surface area contributed by atoms with E-state index in [1.54, 1.807) is 54.6 Å². The maximum Gasteiger partial charge on any atom is 0.293 e. The van der Waals surface area contributed by atoms with Crippen molar-refractivity contribution in [3.8, 4) is 17.2 Å². The molecule has 1 aliphatic heterocycles. The highest BCUT2D eigenvalue weighted by atomic mass is 35.5. The third kappa shape index (κ3) is 7.26. The molecular weight excluding hydrogens is 563 g/mol. The second-order valence-electron chi connectivity index (χ2n) is 8.32. The molecule has 1 fully saturated rings. The molecule has 1 heterocycles. The molecule has 1 saturated heterocycles. The highest BCUT2D eigenvalue weighted by molar-refractivity contribution is 8.18. The van der Waals surface area contributed by atoms with Crippen molar-refractivity contribution in [3.63, 3.8) is 0 Å². The summed E-state index contributed by atoms with van der Waals surface area (Å²) >= 11 is 13.1. The summed E-state index contributed by atoms with van der Waals surface area (Å²) in [5.41, 5.74) is 1.88. The van der Waals surface area contributed by atoms with E-state index in [0.717, 1.165) is 22.2 Å². The molecule has 3 aromatic rings. The number of nitrogens with one attached hydrogen (secondary N) is 1. The van der Waals surface area contributed by atoms with Crippen LogP contribution in [0.2, 0.25) is 10.0 Å². The number of hydrogen-bond acceptors (Lipinski definition) is 7. The first kappa shape index (κ1) is 28.4. The lowest BCUT2D eigenvalue weighted by Crippen LogP contribution is -2.32. The van der Waals surface area contributed by atoms with Gasteiger partial charge in [-0.25, -0.2) is 0 Å². The molecule has 8 nitrogen and oxygen atoms in total. The van der Waals surface area contributed by atoms with E-state index >= 15 is 0 Å². The Kier molecular flexibility index (Phi) is 9.40. The summed E-state index contributed by atoms with van der Waals surface area (Å²) in [6.45, 7) is 1.72. The molecule has 1 aliphatic rings. The van der Waals surface area contributed by atoms with E-state index < -0.39 is 17.1 Å². The number of carbonyl (C=O) groups excluding carboxylic acids is 3. The van der Waals surface area contributed by atoms with Gasteiger partial charge in [0.1, 0.15) is 12.4 Å². The Labute approximate surface area is 239 Å². The number of hydrogen-bond donors (Lipinski definition) is 1. The first-order valence-electron chi connectivity index (χ1n) is 11.7. The fraction of sp³-hybridized carbons (Fsp3) is 0.179. The zero-order valence-corrected chi connectivity index (χ0v) is 23.4. The van der Waals surface area contributed by atoms with Crippen LogP contribution >= 0.6 is 35.0 Å². The van der Waals surface area contributed by atoms with Gasteiger partial charge in [-0.2, -0.15) is 0 Å². The second kappa shape index (κ2) is 12.9. The quantitative estimate of drug-likeness (QED) is 0.273. The maximum absolute atomic E-state index is 13.0. The molecule has 4 rings (SSSR count). The SMILES string of the molecule is COc1ccccc1OCCN1C(=O)S/C(=C\c2cc(Cl)ccc2OCC(=O)Nc2ccc(C)c(Cl)c2)C1=O. The Morgan fingerprint density at radius 3 is 2.51 bits per heavy atom. The van der Waals surface area contributed by atoms with Crippen LogP contribution in [0, 0.1) is 6.92 Å². The Morgan fingerprint density at radius 2 is 1.77 bits per heavy atom. The number of methoxy groups -OCH3 is 1. The number of imide groups is 1. The van der Waals surface area contributed by atoms with Gasteiger partial charge in [-0.1, -0.05) is 41.4 Å². The monoisotopic (exact) mass is 586 g/mol. The molecular formula is C28H24Cl2N2O6S. The van der Waals surface area contributed by atoms with E-state index in [0.29, 0.717) is 38.5 Å². The van der Waals surface area contributed by atoms with E-state index in [9.17, 15) is 14.4 Å². The lowest BCUT2D eigenvalue weighted by Gasteiger charge is -2.14. The average Bonchev–Trinajstić information content (AvgIpc) is 3.18. The Hall–Kier alpha value is -3.66. The number of halogens is 2. The maximum atomic E-state index is 13.0. The minimum absolute atomic E-state index is 0.0577. The summed E-state index contributed by atoms with van der Waals surface area (Å²) in [4.78, 5) is 39.3. The van der Waals surface area contributed by atoms with E-state index in [-0.39, 0.29) is 24.7 Å². The van der Waals surface area contributed by atoms with Gasteiger partial charge < -0.3 is 19.5 Å². The van der Waals surface area contributed by atoms with Gasteiger partial charge >= 0.3 is 0 Å². The molecule has 0 spiro atoms. The smallest absolute Gasteiger partial charge is 0.293 e. The number of ether oxygens (including phenoxy) is 3. The van der Waals surface area contributed by atoms with Crippen LogP contribution in [0.3, 0.4) is 0 Å². The summed E-state index contributed by atoms with van der Waals surface area (Å²) in [5, 5.41) is 3.24. The predicted molar refractivity (Wildman–Crippen MR) is 153 cm³/mol. The molecule has 0 radical (unpaired) electrons. The number of nitrogens with zero attached hydrogens (tertiary/aromatic N) is 1. The van der Waals surface area contributed by atoms with E-state index in [1.165, 1.54) is 13.2 Å². The first-order valence-corrected chi connectivity index (χ1v) is 13.3. The molecule has 0 bridgehead atoms. The largest absolute Gasteiger partial charge is 0.493 e. The minimum atomic E-state index is -0.464. The number of aryl methyl sites for hydroxylation is 1. The van der Waals surface area contributed by atoms with Gasteiger partial charge in [0.2, 0.25) is 0 Å². The number of thioether (sulfide) groups is 1. The van der Waals surface area contributed by atoms with Gasteiger partial charge in [0.25, 0.3) is 17.1 Å². The van der Waals surface area contributed by atoms with Gasteiger partial charge in [-0.3, -0.25) is 19.3 Å². The number of anilines is 1. The third-order valence-electron chi connectivity index (χ3n) is 5.59. The molecule has 3 aromatic carbocycles. The Bertz CT molecular complexity index is 1450. The van der Waals surface area contributed by atoms with Gasteiger partial charge in [0, 0.05) is 21.3 Å². The number of para-hydroxylation sites is 2. The lowest BCUT2D eigenvalue weighted by molar-refractivity contribution is -0.123. The molecule has 0 saturated carbocycles. The number of carbonyl (C=O) groups is 3. The van der Waals surface area contributed by atoms with Gasteiger partial charge in [-0.05, 0) is 72.8 Å². The summed E-state index contributed by atoms with van der Waals surface area (Å²) < 4.78 is 16.7. The summed E-state index contributed by atoms with van der Waals surface area (Å²) in [6, 6.07) is 17.1. The predicted octanol–water partition coefficient (Wildman–Crippen LogP) is 6.44. The summed E-state index contributed by atoms with van der Waals surface area (Å²) in [6.07, 6.45) is 1.52. The topological polar surface area (TPSA) is 94.2 Å². The van der Waals surface area contributed by atoms with Crippen molar-refractivity contribution in [1.29, 1.82) is 0 Å². The third-order valence-corrected chi connectivity index (χ3v) is 7.14.